The van der Waals surface area contributed by atoms with Gasteiger partial charge in [0.25, 0.3) is 5.91 Å². The van der Waals surface area contributed by atoms with Gasteiger partial charge in [0.15, 0.2) is 0 Å². The van der Waals surface area contributed by atoms with Crippen LogP contribution in [0, 0.1) is 0 Å². The van der Waals surface area contributed by atoms with E-state index in [0.29, 0.717) is 13.1 Å². The third kappa shape index (κ3) is 2.51. The Kier molecular flexibility index (Phi) is 3.36. The normalized spacial score (nSPS) is 26.1. The third-order valence-corrected chi connectivity index (χ3v) is 3.27. The van der Waals surface area contributed by atoms with Crippen molar-refractivity contribution in [3.63, 3.8) is 0 Å². The molecular formula is C11H17N3O4. The van der Waals surface area contributed by atoms with Gasteiger partial charge in [-0.15, -0.1) is 0 Å². The summed E-state index contributed by atoms with van der Waals surface area (Å²) in [5.74, 6) is -1.02. The molecule has 100 valence electrons. The van der Waals surface area contributed by atoms with Crippen LogP contribution < -0.4 is 10.6 Å². The number of amides is 3. The van der Waals surface area contributed by atoms with Crippen LogP contribution in [0.2, 0.25) is 0 Å². The second kappa shape index (κ2) is 4.66. The number of likely N-dealkylation sites (tertiary alicyclic amines) is 1. The van der Waals surface area contributed by atoms with Crippen molar-refractivity contribution in [2.75, 3.05) is 26.7 Å². The number of likely N-dealkylation sites (N-methyl/N-ethyl adjacent to an activating group) is 1. The minimum Gasteiger partial charge on any atom is -0.363 e. The highest BCUT2D eigenvalue weighted by molar-refractivity contribution is 6.06. The highest BCUT2D eigenvalue weighted by Gasteiger charge is 2.38. The zero-order valence-electron chi connectivity index (χ0n) is 10.5. The molecular weight excluding hydrogens is 238 g/mol. The van der Waals surface area contributed by atoms with Gasteiger partial charge in [-0.05, 0) is 6.92 Å². The summed E-state index contributed by atoms with van der Waals surface area (Å²) in [7, 11) is 1.41. The zero-order chi connectivity index (χ0) is 13.3. The number of hydrogen-bond acceptors (Lipinski definition) is 5. The summed E-state index contributed by atoms with van der Waals surface area (Å²) in [6.45, 7) is 3.24. The molecule has 0 spiro atoms. The van der Waals surface area contributed by atoms with Crippen LogP contribution in [-0.4, -0.2) is 61.0 Å². The molecule has 2 rings (SSSR count). The standard InChI is InChI=1S/C11H17N3O4/c1-11(5-12-6-11)18-4-8(15)13-7-3-9(16)14(2)10(7)17/h7,12H,3-6H2,1-2H3,(H,13,15). The van der Waals surface area contributed by atoms with E-state index >= 15 is 0 Å². The maximum atomic E-state index is 11.6. The van der Waals surface area contributed by atoms with Crippen molar-refractivity contribution < 1.29 is 19.1 Å². The average molecular weight is 255 g/mol. The lowest BCUT2D eigenvalue weighted by Gasteiger charge is -2.38. The van der Waals surface area contributed by atoms with Crippen molar-refractivity contribution in [3.05, 3.63) is 0 Å². The number of hydrogen-bond donors (Lipinski definition) is 2. The van der Waals surface area contributed by atoms with Crippen LogP contribution >= 0.6 is 0 Å². The number of carbonyl (C=O) groups excluding carboxylic acids is 3. The molecule has 2 N–H and O–H groups in total. The lowest BCUT2D eigenvalue weighted by molar-refractivity contribution is -0.141. The van der Waals surface area contributed by atoms with Crippen LogP contribution in [0.15, 0.2) is 0 Å². The van der Waals surface area contributed by atoms with Crippen molar-refractivity contribution in [1.82, 2.24) is 15.5 Å². The van der Waals surface area contributed by atoms with Crippen molar-refractivity contribution >= 4 is 17.7 Å². The predicted octanol–water partition coefficient (Wildman–Crippen LogP) is -1.76. The van der Waals surface area contributed by atoms with E-state index < -0.39 is 6.04 Å². The highest BCUT2D eigenvalue weighted by Crippen LogP contribution is 2.15. The molecule has 1 unspecified atom stereocenters. The minimum atomic E-state index is -0.745. The molecule has 0 radical (unpaired) electrons. The summed E-state index contributed by atoms with van der Waals surface area (Å²) < 4.78 is 5.44. The maximum Gasteiger partial charge on any atom is 0.252 e. The van der Waals surface area contributed by atoms with Crippen LogP contribution in [0.5, 0.6) is 0 Å². The van der Waals surface area contributed by atoms with Crippen molar-refractivity contribution in [2.24, 2.45) is 0 Å². The number of imide groups is 1. The van der Waals surface area contributed by atoms with Crippen molar-refractivity contribution in [3.8, 4) is 0 Å². The van der Waals surface area contributed by atoms with E-state index in [1.807, 2.05) is 6.92 Å². The molecule has 2 saturated heterocycles. The first-order valence-electron chi connectivity index (χ1n) is 5.86. The first-order chi connectivity index (χ1) is 8.41. The molecule has 2 aliphatic heterocycles. The lowest BCUT2D eigenvalue weighted by atomic mass is 10.0. The Balaban J connectivity index is 1.78. The summed E-state index contributed by atoms with van der Waals surface area (Å²) in [5.41, 5.74) is -0.302. The first-order valence-corrected chi connectivity index (χ1v) is 5.86. The van der Waals surface area contributed by atoms with Gasteiger partial charge in [0.05, 0.1) is 12.0 Å². The fraction of sp³-hybridized carbons (Fsp3) is 0.727. The molecule has 1 atom stereocenters. The van der Waals surface area contributed by atoms with Crippen molar-refractivity contribution in [2.45, 2.75) is 25.0 Å². The topological polar surface area (TPSA) is 87.7 Å². The van der Waals surface area contributed by atoms with Gasteiger partial charge >= 0.3 is 0 Å². The monoisotopic (exact) mass is 255 g/mol. The van der Waals surface area contributed by atoms with Crippen LogP contribution in [-0.2, 0) is 19.1 Å². The summed E-state index contributed by atoms with van der Waals surface area (Å²) in [4.78, 5) is 35.5. The number of nitrogens with zero attached hydrogens (tertiary/aromatic N) is 1. The Morgan fingerprint density at radius 1 is 1.56 bits per heavy atom. The molecule has 7 nitrogen and oxygen atoms in total. The molecule has 0 aromatic rings. The Morgan fingerprint density at radius 3 is 2.67 bits per heavy atom. The Bertz CT molecular complexity index is 392. The summed E-state index contributed by atoms with van der Waals surface area (Å²) in [5, 5.41) is 5.57. The molecule has 2 heterocycles. The predicted molar refractivity (Wildman–Crippen MR) is 61.6 cm³/mol. The van der Waals surface area contributed by atoms with Gasteiger partial charge in [-0.3, -0.25) is 19.3 Å². The molecule has 18 heavy (non-hydrogen) atoms. The number of rotatable bonds is 4. The van der Waals surface area contributed by atoms with E-state index in [2.05, 4.69) is 10.6 Å². The summed E-state index contributed by atoms with van der Waals surface area (Å²) >= 11 is 0. The largest absolute Gasteiger partial charge is 0.363 e. The quantitative estimate of drug-likeness (QED) is 0.581. The second-order valence-electron chi connectivity index (χ2n) is 4.96. The highest BCUT2D eigenvalue weighted by atomic mass is 16.5. The van der Waals surface area contributed by atoms with Crippen LogP contribution in [0.3, 0.4) is 0 Å². The maximum absolute atomic E-state index is 11.6. The second-order valence-corrected chi connectivity index (χ2v) is 4.96. The van der Waals surface area contributed by atoms with E-state index in [0.717, 1.165) is 4.90 Å². The van der Waals surface area contributed by atoms with Crippen LogP contribution in [0.25, 0.3) is 0 Å². The fourth-order valence-corrected chi connectivity index (χ4v) is 1.92. The molecule has 2 aliphatic rings. The smallest absolute Gasteiger partial charge is 0.252 e. The number of ether oxygens (including phenoxy) is 1. The van der Waals surface area contributed by atoms with E-state index in [1.165, 1.54) is 7.05 Å². The van der Waals surface area contributed by atoms with Gasteiger partial charge in [-0.2, -0.15) is 0 Å². The molecule has 2 fully saturated rings. The first kappa shape index (κ1) is 13.0. The van der Waals surface area contributed by atoms with E-state index in [9.17, 15) is 14.4 Å². The molecule has 0 bridgehead atoms. The Hall–Kier alpha value is -1.47. The molecule has 0 aliphatic carbocycles. The zero-order valence-corrected chi connectivity index (χ0v) is 10.5. The van der Waals surface area contributed by atoms with Gasteiger partial charge in [-0.25, -0.2) is 0 Å². The van der Waals surface area contributed by atoms with E-state index in [4.69, 9.17) is 4.74 Å². The number of nitrogens with one attached hydrogen (secondary N) is 2. The fourth-order valence-electron chi connectivity index (χ4n) is 1.92. The summed E-state index contributed by atoms with van der Waals surface area (Å²) in [6, 6.07) is -0.745. The van der Waals surface area contributed by atoms with Crippen molar-refractivity contribution in [1.29, 1.82) is 0 Å². The van der Waals surface area contributed by atoms with Gasteiger partial charge in [0.2, 0.25) is 11.8 Å². The molecule has 0 aromatic carbocycles. The average Bonchev–Trinajstić information content (AvgIpc) is 2.52. The molecule has 3 amide bonds. The van der Waals surface area contributed by atoms with Gasteiger partial charge in [-0.1, -0.05) is 0 Å². The van der Waals surface area contributed by atoms with Gasteiger partial charge in [0, 0.05) is 20.1 Å². The SMILES string of the molecule is CN1C(=O)CC(NC(=O)COC2(C)CNC2)C1=O. The number of carbonyl (C=O) groups is 3. The Labute approximate surface area is 105 Å². The van der Waals surface area contributed by atoms with Gasteiger partial charge in [0.1, 0.15) is 12.6 Å². The molecule has 0 aromatic heterocycles. The Morgan fingerprint density at radius 2 is 2.22 bits per heavy atom. The van der Waals surface area contributed by atoms with E-state index in [1.54, 1.807) is 0 Å². The van der Waals surface area contributed by atoms with Gasteiger partial charge < -0.3 is 15.4 Å². The third-order valence-electron chi connectivity index (χ3n) is 3.27. The van der Waals surface area contributed by atoms with Crippen LogP contribution in [0.4, 0.5) is 0 Å². The molecule has 7 heteroatoms. The van der Waals surface area contributed by atoms with E-state index in [-0.39, 0.29) is 36.4 Å². The van der Waals surface area contributed by atoms with Crippen LogP contribution in [0.1, 0.15) is 13.3 Å². The lowest BCUT2D eigenvalue weighted by Crippen LogP contribution is -2.60. The minimum absolute atomic E-state index is 0.0277. The molecule has 0 saturated carbocycles. The summed E-state index contributed by atoms with van der Waals surface area (Å²) in [6.07, 6.45) is 0.0277.